The van der Waals surface area contributed by atoms with Crippen LogP contribution in [0.15, 0.2) is 23.8 Å². The van der Waals surface area contributed by atoms with Crippen molar-refractivity contribution in [2.45, 2.75) is 123 Å². The average molecular weight is 603 g/mol. The second-order valence-electron chi connectivity index (χ2n) is 13.4. The number of alkyl halides is 1. The molecule has 238 valence electrons. The van der Waals surface area contributed by atoms with Crippen LogP contribution in [0.2, 0.25) is 0 Å². The molecule has 0 saturated heterocycles. The van der Waals surface area contributed by atoms with E-state index in [0.29, 0.717) is 44.1 Å². The van der Waals surface area contributed by atoms with Crippen molar-refractivity contribution >= 4 is 29.5 Å². The van der Waals surface area contributed by atoms with Crippen molar-refractivity contribution in [3.8, 4) is 0 Å². The van der Waals surface area contributed by atoms with Gasteiger partial charge in [0.2, 0.25) is 5.78 Å². The standard InChI is InChI=1S/C34H47FO8/c1-7-10-28(38)41-20-26(37)34(43-30(40)12-9-3)21(4)17-25-24-14-13-22-18-23(36)15-16-31(22,5)33(24,35)27(19-32(25,34)6)42-29(39)11-8-2/h15-16,18,21,24-25,27H,7-14,17,19-20H2,1-6H3/t21-,24-,25-,27+,31+,32+,33+,34+/m1/s1. The molecule has 0 heterocycles. The lowest BCUT2D eigenvalue weighted by Gasteiger charge is -2.63. The molecule has 43 heavy (non-hydrogen) atoms. The van der Waals surface area contributed by atoms with E-state index in [1.807, 2.05) is 34.6 Å². The highest BCUT2D eigenvalue weighted by Crippen LogP contribution is 2.72. The quantitative estimate of drug-likeness (QED) is 0.211. The number of hydrogen-bond donors (Lipinski definition) is 0. The first-order valence-electron chi connectivity index (χ1n) is 16.0. The van der Waals surface area contributed by atoms with Crippen LogP contribution in [0, 0.1) is 28.6 Å². The highest BCUT2D eigenvalue weighted by Gasteiger charge is 2.78. The van der Waals surface area contributed by atoms with Gasteiger partial charge in [-0.05, 0) is 69.9 Å². The minimum absolute atomic E-state index is 0.0663. The summed E-state index contributed by atoms with van der Waals surface area (Å²) < 4.78 is 35.9. The molecule has 0 aromatic heterocycles. The predicted octanol–water partition coefficient (Wildman–Crippen LogP) is 5.95. The second-order valence-corrected chi connectivity index (χ2v) is 13.4. The van der Waals surface area contributed by atoms with Crippen LogP contribution in [-0.2, 0) is 38.2 Å². The van der Waals surface area contributed by atoms with Crippen molar-refractivity contribution in [1.82, 2.24) is 0 Å². The molecule has 4 aliphatic rings. The van der Waals surface area contributed by atoms with Gasteiger partial charge in [-0.25, -0.2) is 4.39 Å². The topological polar surface area (TPSA) is 113 Å². The van der Waals surface area contributed by atoms with Gasteiger partial charge in [0.25, 0.3) is 0 Å². The van der Waals surface area contributed by atoms with Gasteiger partial charge in [-0.2, -0.15) is 0 Å². The van der Waals surface area contributed by atoms with Gasteiger partial charge in [-0.1, -0.05) is 46.3 Å². The highest BCUT2D eigenvalue weighted by atomic mass is 19.1. The monoisotopic (exact) mass is 602 g/mol. The maximum Gasteiger partial charge on any atom is 0.306 e. The number of fused-ring (bicyclic) bond motifs is 5. The van der Waals surface area contributed by atoms with Crippen LogP contribution in [-0.4, -0.2) is 53.5 Å². The number of allylic oxidation sites excluding steroid dienone is 4. The maximum atomic E-state index is 18.3. The smallest absolute Gasteiger partial charge is 0.306 e. The molecule has 0 N–H and O–H groups in total. The summed E-state index contributed by atoms with van der Waals surface area (Å²) in [5.74, 6) is -3.92. The lowest BCUT2D eigenvalue weighted by atomic mass is 9.44. The van der Waals surface area contributed by atoms with E-state index in [2.05, 4.69) is 0 Å². The lowest BCUT2D eigenvalue weighted by Crippen LogP contribution is -2.70. The molecule has 0 amide bonds. The molecule has 8 atom stereocenters. The zero-order chi connectivity index (χ0) is 31.8. The molecule has 0 aromatic rings. The number of halogens is 1. The van der Waals surface area contributed by atoms with Gasteiger partial charge in [0.1, 0.15) is 6.10 Å². The van der Waals surface area contributed by atoms with Gasteiger partial charge in [0, 0.05) is 41.9 Å². The molecule has 0 radical (unpaired) electrons. The first-order valence-corrected chi connectivity index (χ1v) is 16.0. The Bertz CT molecular complexity index is 1220. The molecule has 3 fully saturated rings. The van der Waals surface area contributed by atoms with Crippen LogP contribution in [0.3, 0.4) is 0 Å². The molecule has 4 rings (SSSR count). The molecule has 9 heteroatoms. The summed E-state index contributed by atoms with van der Waals surface area (Å²) in [5, 5.41) is 0. The van der Waals surface area contributed by atoms with Crippen LogP contribution in [0.5, 0.6) is 0 Å². The Hall–Kier alpha value is -2.84. The number of rotatable bonds is 11. The molecule has 8 nitrogen and oxygen atoms in total. The Kier molecular flexibility index (Phi) is 9.44. The summed E-state index contributed by atoms with van der Waals surface area (Å²) in [6.45, 7) is 10.4. The fourth-order valence-electron chi connectivity index (χ4n) is 8.88. The number of ether oxygens (including phenoxy) is 3. The average Bonchev–Trinajstić information content (AvgIpc) is 3.15. The Morgan fingerprint density at radius 1 is 0.953 bits per heavy atom. The molecule has 0 aliphatic heterocycles. The molecular formula is C34H47FO8. The van der Waals surface area contributed by atoms with Gasteiger partial charge < -0.3 is 14.2 Å². The Balaban J connectivity index is 1.86. The summed E-state index contributed by atoms with van der Waals surface area (Å²) in [6.07, 6.45) is 6.34. The molecule has 0 unspecified atom stereocenters. The zero-order valence-electron chi connectivity index (χ0n) is 26.5. The van der Waals surface area contributed by atoms with E-state index < -0.39 is 76.3 Å². The van der Waals surface area contributed by atoms with Crippen molar-refractivity contribution in [2.24, 2.45) is 28.6 Å². The van der Waals surface area contributed by atoms with Crippen LogP contribution < -0.4 is 0 Å². The third-order valence-corrected chi connectivity index (χ3v) is 10.8. The van der Waals surface area contributed by atoms with Crippen LogP contribution in [0.1, 0.15) is 106 Å². The molecule has 3 saturated carbocycles. The van der Waals surface area contributed by atoms with Crippen LogP contribution in [0.25, 0.3) is 0 Å². The molecule has 4 aliphatic carbocycles. The van der Waals surface area contributed by atoms with Crippen molar-refractivity contribution in [2.75, 3.05) is 6.61 Å². The fraction of sp³-hybridized carbons (Fsp3) is 0.735. The van der Waals surface area contributed by atoms with Crippen molar-refractivity contribution in [3.05, 3.63) is 23.8 Å². The van der Waals surface area contributed by atoms with Gasteiger partial charge in [-0.3, -0.25) is 24.0 Å². The van der Waals surface area contributed by atoms with Crippen LogP contribution >= 0.6 is 0 Å². The number of hydrogen-bond acceptors (Lipinski definition) is 8. The molecule has 0 spiro atoms. The summed E-state index contributed by atoms with van der Waals surface area (Å²) >= 11 is 0. The summed E-state index contributed by atoms with van der Waals surface area (Å²) in [4.78, 5) is 65.1. The Labute approximate surface area is 254 Å². The van der Waals surface area contributed by atoms with E-state index >= 15 is 4.39 Å². The molecular weight excluding hydrogens is 555 g/mol. The van der Waals surface area contributed by atoms with Crippen molar-refractivity contribution in [1.29, 1.82) is 0 Å². The first kappa shape index (κ1) is 33.1. The second kappa shape index (κ2) is 12.3. The number of ketones is 2. The summed E-state index contributed by atoms with van der Waals surface area (Å²) in [5.41, 5.74) is -5.42. The number of carbonyl (C=O) groups excluding carboxylic acids is 5. The Morgan fingerprint density at radius 2 is 1.58 bits per heavy atom. The van der Waals surface area contributed by atoms with Gasteiger partial charge in [-0.15, -0.1) is 0 Å². The number of carbonyl (C=O) groups is 5. The number of Topliss-reactive ketones (excluding diaryl/α,β-unsaturated/α-hetero) is 1. The lowest BCUT2D eigenvalue weighted by molar-refractivity contribution is -0.236. The summed E-state index contributed by atoms with van der Waals surface area (Å²) in [7, 11) is 0. The number of esters is 3. The third-order valence-electron chi connectivity index (χ3n) is 10.8. The van der Waals surface area contributed by atoms with E-state index in [-0.39, 0.29) is 31.5 Å². The third kappa shape index (κ3) is 5.18. The van der Waals surface area contributed by atoms with Crippen LogP contribution in [0.4, 0.5) is 4.39 Å². The molecule has 0 bridgehead atoms. The predicted molar refractivity (Wildman–Crippen MR) is 156 cm³/mol. The molecule has 0 aromatic carbocycles. The zero-order valence-corrected chi connectivity index (χ0v) is 26.5. The maximum absolute atomic E-state index is 18.3. The largest absolute Gasteiger partial charge is 0.459 e. The minimum Gasteiger partial charge on any atom is -0.459 e. The van der Waals surface area contributed by atoms with E-state index in [9.17, 15) is 24.0 Å². The van der Waals surface area contributed by atoms with E-state index in [1.54, 1.807) is 13.0 Å². The SMILES string of the molecule is CCCC(=O)OCC(=O)[C@@]1(OC(=O)CCC)[C@H](C)C[C@@H]2[C@H]3CCC4=CC(=O)C=C[C@]4(C)[C@@]3(F)[C@@H](OC(=O)CCC)C[C@@]21C. The fourth-order valence-corrected chi connectivity index (χ4v) is 8.88. The highest BCUT2D eigenvalue weighted by molar-refractivity contribution is 6.01. The van der Waals surface area contributed by atoms with E-state index in [4.69, 9.17) is 14.2 Å². The van der Waals surface area contributed by atoms with Crippen molar-refractivity contribution in [3.63, 3.8) is 0 Å². The van der Waals surface area contributed by atoms with E-state index in [0.717, 1.165) is 0 Å². The Morgan fingerprint density at radius 3 is 2.23 bits per heavy atom. The normalized spacial score (nSPS) is 37.8. The van der Waals surface area contributed by atoms with Gasteiger partial charge in [0.05, 0.1) is 0 Å². The van der Waals surface area contributed by atoms with Gasteiger partial charge >= 0.3 is 17.9 Å². The van der Waals surface area contributed by atoms with Gasteiger partial charge in [0.15, 0.2) is 23.7 Å². The first-order chi connectivity index (χ1) is 20.2. The van der Waals surface area contributed by atoms with E-state index in [1.165, 1.54) is 12.2 Å². The summed E-state index contributed by atoms with van der Waals surface area (Å²) in [6, 6.07) is 0. The minimum atomic E-state index is -2.07. The van der Waals surface area contributed by atoms with Crippen molar-refractivity contribution < 1.29 is 42.6 Å².